The summed E-state index contributed by atoms with van der Waals surface area (Å²) in [6.07, 6.45) is 11.4. The molecule has 3 nitrogen and oxygen atoms in total. The summed E-state index contributed by atoms with van der Waals surface area (Å²) in [5.74, 6) is 1.49. The Bertz CT molecular complexity index is 951. The maximum Gasteiger partial charge on any atom is 0.257 e. The van der Waals surface area contributed by atoms with Crippen molar-refractivity contribution < 1.29 is 9.67 Å². The van der Waals surface area contributed by atoms with Gasteiger partial charge in [0.15, 0.2) is 5.69 Å². The van der Waals surface area contributed by atoms with Gasteiger partial charge in [0, 0.05) is 12.0 Å². The first-order valence-corrected chi connectivity index (χ1v) is 12.3. The fourth-order valence-electron chi connectivity index (χ4n) is 5.14. The summed E-state index contributed by atoms with van der Waals surface area (Å²) < 4.78 is 5.15. The molecule has 1 aromatic heterocycles. The van der Waals surface area contributed by atoms with E-state index in [9.17, 15) is 5.11 Å². The highest BCUT2D eigenvalue weighted by Gasteiger charge is 2.32. The minimum Gasteiger partial charge on any atom is -0.393 e. The lowest BCUT2D eigenvalue weighted by atomic mass is 9.93. The van der Waals surface area contributed by atoms with E-state index in [1.54, 1.807) is 0 Å². The Morgan fingerprint density at radius 3 is 2.13 bits per heavy atom. The van der Waals surface area contributed by atoms with Crippen LogP contribution in [0.2, 0.25) is 0 Å². The molecule has 2 aromatic carbocycles. The Balaban J connectivity index is 0.00000112. The minimum absolute atomic E-state index is 0.0990. The number of hydrogen-bond donors (Lipinski definition) is 1. The summed E-state index contributed by atoms with van der Waals surface area (Å²) in [5, 5.41) is 9.95. The predicted molar refractivity (Wildman–Crippen MR) is 128 cm³/mol. The van der Waals surface area contributed by atoms with Crippen LogP contribution >= 0.6 is 0 Å². The Morgan fingerprint density at radius 1 is 0.774 bits per heavy atom. The van der Waals surface area contributed by atoms with Gasteiger partial charge < -0.3 is 5.11 Å². The fraction of sp³-hybridized carbons (Fsp3) is 0.464. The van der Waals surface area contributed by atoms with Gasteiger partial charge in [0.1, 0.15) is 12.2 Å². The highest BCUT2D eigenvalue weighted by Crippen LogP contribution is 2.30. The SMILES string of the molecule is CC.OC1CCC([n+]2cc(-c3ccc(-c4ccccc4)cc3)n3c2CCCCC3)CC1. The molecular formula is C28H37N2O+. The topological polar surface area (TPSA) is 29.0 Å². The van der Waals surface area contributed by atoms with Crippen molar-refractivity contribution >= 4 is 0 Å². The molecule has 0 saturated heterocycles. The van der Waals surface area contributed by atoms with Gasteiger partial charge in [0.2, 0.25) is 0 Å². The van der Waals surface area contributed by atoms with Crippen molar-refractivity contribution in [3.63, 3.8) is 0 Å². The smallest absolute Gasteiger partial charge is 0.257 e. The van der Waals surface area contributed by atoms with E-state index in [1.807, 2.05) is 13.8 Å². The van der Waals surface area contributed by atoms with Gasteiger partial charge in [-0.1, -0.05) is 56.3 Å². The molecule has 0 radical (unpaired) electrons. The lowest BCUT2D eigenvalue weighted by Crippen LogP contribution is -2.44. The first-order chi connectivity index (χ1) is 15.3. The van der Waals surface area contributed by atoms with Crippen LogP contribution in [0.1, 0.15) is 70.7 Å². The number of aromatic nitrogens is 2. The van der Waals surface area contributed by atoms with Crippen molar-refractivity contribution in [2.24, 2.45) is 0 Å². The third kappa shape index (κ3) is 4.77. The molecule has 0 spiro atoms. The second-order valence-electron chi connectivity index (χ2n) is 8.71. The molecule has 0 unspecified atom stereocenters. The monoisotopic (exact) mass is 417 g/mol. The molecule has 3 aromatic rings. The van der Waals surface area contributed by atoms with Crippen LogP contribution in [0.5, 0.6) is 0 Å². The Morgan fingerprint density at radius 2 is 1.42 bits per heavy atom. The molecule has 1 saturated carbocycles. The number of aliphatic hydroxyl groups excluding tert-OH is 1. The molecule has 1 N–H and O–H groups in total. The van der Waals surface area contributed by atoms with Gasteiger partial charge in [0.05, 0.1) is 12.6 Å². The average Bonchev–Trinajstić information content (AvgIpc) is 3.02. The normalized spacial score (nSPS) is 20.9. The van der Waals surface area contributed by atoms with Crippen LogP contribution in [0.4, 0.5) is 0 Å². The summed E-state index contributed by atoms with van der Waals surface area (Å²) >= 11 is 0. The van der Waals surface area contributed by atoms with Crippen LogP contribution in [-0.2, 0) is 13.0 Å². The fourth-order valence-corrected chi connectivity index (χ4v) is 5.14. The molecule has 0 atom stereocenters. The molecule has 2 aliphatic rings. The molecule has 5 rings (SSSR count). The average molecular weight is 418 g/mol. The highest BCUT2D eigenvalue weighted by molar-refractivity contribution is 5.68. The van der Waals surface area contributed by atoms with Crippen molar-refractivity contribution in [1.82, 2.24) is 4.57 Å². The van der Waals surface area contributed by atoms with Gasteiger partial charge >= 0.3 is 0 Å². The van der Waals surface area contributed by atoms with E-state index < -0.39 is 0 Å². The molecular weight excluding hydrogens is 380 g/mol. The van der Waals surface area contributed by atoms with Gasteiger partial charge in [0.25, 0.3) is 5.82 Å². The maximum atomic E-state index is 9.95. The summed E-state index contributed by atoms with van der Waals surface area (Å²) in [5.41, 5.74) is 5.20. The molecule has 164 valence electrons. The van der Waals surface area contributed by atoms with Crippen molar-refractivity contribution in [2.75, 3.05) is 0 Å². The zero-order chi connectivity index (χ0) is 21.6. The van der Waals surface area contributed by atoms with E-state index in [1.165, 1.54) is 53.9 Å². The Kier molecular flexibility index (Phi) is 7.24. The molecule has 3 heteroatoms. The van der Waals surface area contributed by atoms with E-state index in [2.05, 4.69) is 69.9 Å². The number of benzene rings is 2. The third-order valence-electron chi connectivity index (χ3n) is 6.79. The van der Waals surface area contributed by atoms with Crippen molar-refractivity contribution in [1.29, 1.82) is 0 Å². The van der Waals surface area contributed by atoms with Crippen LogP contribution < -0.4 is 4.57 Å². The van der Waals surface area contributed by atoms with E-state index >= 15 is 0 Å². The van der Waals surface area contributed by atoms with Gasteiger partial charge in [-0.05, 0) is 68.2 Å². The van der Waals surface area contributed by atoms with Crippen LogP contribution in [0, 0.1) is 0 Å². The second kappa shape index (κ2) is 10.3. The van der Waals surface area contributed by atoms with E-state index in [-0.39, 0.29) is 6.10 Å². The summed E-state index contributed by atoms with van der Waals surface area (Å²) in [4.78, 5) is 0. The number of fused-ring (bicyclic) bond motifs is 1. The summed E-state index contributed by atoms with van der Waals surface area (Å²) in [6, 6.07) is 20.2. The third-order valence-corrected chi connectivity index (χ3v) is 6.79. The largest absolute Gasteiger partial charge is 0.393 e. The van der Waals surface area contributed by atoms with Crippen LogP contribution in [0.25, 0.3) is 22.4 Å². The van der Waals surface area contributed by atoms with Gasteiger partial charge in [-0.25, -0.2) is 9.13 Å². The Hall–Kier alpha value is -2.39. The van der Waals surface area contributed by atoms with Gasteiger partial charge in [-0.2, -0.15) is 0 Å². The molecule has 0 bridgehead atoms. The number of hydrogen-bond acceptors (Lipinski definition) is 1. The minimum atomic E-state index is -0.0990. The van der Waals surface area contributed by atoms with Crippen LogP contribution in [0.15, 0.2) is 60.8 Å². The number of nitrogens with zero attached hydrogens (tertiary/aromatic N) is 2. The lowest BCUT2D eigenvalue weighted by Gasteiger charge is -2.23. The highest BCUT2D eigenvalue weighted by atomic mass is 16.3. The second-order valence-corrected chi connectivity index (χ2v) is 8.71. The van der Waals surface area contributed by atoms with E-state index in [0.29, 0.717) is 6.04 Å². The first kappa shape index (κ1) is 21.8. The molecule has 0 amide bonds. The molecule has 2 heterocycles. The number of imidazole rings is 1. The van der Waals surface area contributed by atoms with E-state index in [0.717, 1.165) is 32.2 Å². The quantitative estimate of drug-likeness (QED) is 0.495. The standard InChI is InChI=1S/C26H31N2O.C2H6/c29-24-16-14-23(15-17-24)28-19-25(27-18-6-2-5-9-26(27)28)22-12-10-21(11-13-22)20-7-3-1-4-8-20;1-2/h1,3-4,7-8,10-13,19,23-24,29H,2,5-6,9,14-18H2;1-2H3/q+1;. The van der Waals surface area contributed by atoms with Crippen molar-refractivity contribution in [2.45, 2.75) is 83.9 Å². The van der Waals surface area contributed by atoms with Crippen molar-refractivity contribution in [3.05, 3.63) is 66.6 Å². The zero-order valence-electron chi connectivity index (χ0n) is 19.1. The first-order valence-electron chi connectivity index (χ1n) is 12.3. The van der Waals surface area contributed by atoms with Crippen LogP contribution in [0.3, 0.4) is 0 Å². The molecule has 1 aliphatic heterocycles. The van der Waals surface area contributed by atoms with Gasteiger partial charge in [-0.15, -0.1) is 0 Å². The molecule has 1 aliphatic carbocycles. The summed E-state index contributed by atoms with van der Waals surface area (Å²) in [6.45, 7) is 5.12. The number of rotatable bonds is 3. The van der Waals surface area contributed by atoms with Crippen LogP contribution in [-0.4, -0.2) is 15.8 Å². The maximum absolute atomic E-state index is 9.95. The molecule has 1 fully saturated rings. The zero-order valence-corrected chi connectivity index (χ0v) is 19.1. The van der Waals surface area contributed by atoms with E-state index in [4.69, 9.17) is 0 Å². The lowest BCUT2D eigenvalue weighted by molar-refractivity contribution is -0.732. The molecule has 31 heavy (non-hydrogen) atoms. The van der Waals surface area contributed by atoms with Gasteiger partial charge in [-0.3, -0.25) is 0 Å². The summed E-state index contributed by atoms with van der Waals surface area (Å²) in [7, 11) is 0. The number of aliphatic hydroxyl groups is 1. The Labute approximate surface area is 187 Å². The predicted octanol–water partition coefficient (Wildman–Crippen LogP) is 6.34. The van der Waals surface area contributed by atoms with Crippen molar-refractivity contribution in [3.8, 4) is 22.4 Å².